The van der Waals surface area contributed by atoms with Crippen LogP contribution in [0.3, 0.4) is 0 Å². The van der Waals surface area contributed by atoms with Crippen LogP contribution in [0.2, 0.25) is 0 Å². The second-order valence-electron chi connectivity index (χ2n) is 4.63. The van der Waals surface area contributed by atoms with E-state index in [1.807, 2.05) is 6.07 Å². The third-order valence-electron chi connectivity index (χ3n) is 2.54. The Morgan fingerprint density at radius 2 is 2.06 bits per heavy atom. The molecule has 1 nitrogen and oxygen atoms in total. The molecule has 0 amide bonds. The molecule has 0 aliphatic rings. The molecule has 0 heterocycles. The molecule has 0 aliphatic carbocycles. The van der Waals surface area contributed by atoms with Crippen LogP contribution in [-0.4, -0.2) is 6.61 Å². The van der Waals surface area contributed by atoms with Crippen molar-refractivity contribution in [3.8, 4) is 5.75 Å². The zero-order valence-corrected chi connectivity index (χ0v) is 11.2. The van der Waals surface area contributed by atoms with Crippen molar-refractivity contribution < 1.29 is 4.74 Å². The van der Waals surface area contributed by atoms with Crippen molar-refractivity contribution in [2.75, 3.05) is 6.61 Å². The highest BCUT2D eigenvalue weighted by molar-refractivity contribution is 6.17. The molecule has 1 aromatic carbocycles. The summed E-state index contributed by atoms with van der Waals surface area (Å²) in [6, 6.07) is 6.17. The molecular weight excluding hydrogens is 220 g/mol. The topological polar surface area (TPSA) is 9.23 Å². The van der Waals surface area contributed by atoms with Crippen molar-refractivity contribution >= 4 is 11.6 Å². The van der Waals surface area contributed by atoms with Crippen LogP contribution in [0.4, 0.5) is 0 Å². The highest BCUT2D eigenvalue weighted by atomic mass is 35.5. The number of hydrogen-bond donors (Lipinski definition) is 0. The van der Waals surface area contributed by atoms with Gasteiger partial charge in [0.15, 0.2) is 0 Å². The molecule has 0 spiro atoms. The monoisotopic (exact) mass is 240 g/mol. The van der Waals surface area contributed by atoms with Crippen LogP contribution < -0.4 is 4.74 Å². The Hall–Kier alpha value is -0.690. The molecule has 0 fully saturated rings. The number of hydrogen-bond acceptors (Lipinski definition) is 1. The minimum atomic E-state index is 0.515. The quantitative estimate of drug-likeness (QED) is 0.524. The number of benzene rings is 1. The second kappa shape index (κ2) is 6.80. The molecule has 0 unspecified atom stereocenters. The van der Waals surface area contributed by atoms with Crippen LogP contribution in [0, 0.1) is 12.8 Å². The van der Waals surface area contributed by atoms with Crippen molar-refractivity contribution in [1.82, 2.24) is 0 Å². The van der Waals surface area contributed by atoms with Gasteiger partial charge in [0, 0.05) is 5.56 Å². The molecule has 0 saturated carbocycles. The van der Waals surface area contributed by atoms with Gasteiger partial charge in [0.25, 0.3) is 0 Å². The SMILES string of the molecule is Cc1ccc(OCCCC(C)C)c(CCl)c1. The van der Waals surface area contributed by atoms with E-state index in [4.69, 9.17) is 16.3 Å². The van der Waals surface area contributed by atoms with Crippen molar-refractivity contribution in [2.45, 2.75) is 39.5 Å². The Balaban J connectivity index is 2.47. The molecule has 90 valence electrons. The second-order valence-corrected chi connectivity index (χ2v) is 4.90. The molecule has 0 aromatic heterocycles. The predicted octanol–water partition coefficient (Wildman–Crippen LogP) is 4.55. The Bertz CT molecular complexity index is 321. The van der Waals surface area contributed by atoms with E-state index in [0.717, 1.165) is 30.3 Å². The van der Waals surface area contributed by atoms with Gasteiger partial charge in [-0.2, -0.15) is 0 Å². The summed E-state index contributed by atoms with van der Waals surface area (Å²) in [7, 11) is 0. The summed E-state index contributed by atoms with van der Waals surface area (Å²) in [5, 5.41) is 0. The zero-order chi connectivity index (χ0) is 12.0. The number of ether oxygens (including phenoxy) is 1. The lowest BCUT2D eigenvalue weighted by Crippen LogP contribution is -2.01. The van der Waals surface area contributed by atoms with Crippen LogP contribution in [-0.2, 0) is 5.88 Å². The molecule has 16 heavy (non-hydrogen) atoms. The van der Waals surface area contributed by atoms with Crippen LogP contribution in [0.25, 0.3) is 0 Å². The fraction of sp³-hybridized carbons (Fsp3) is 0.571. The summed E-state index contributed by atoms with van der Waals surface area (Å²) >= 11 is 5.89. The minimum Gasteiger partial charge on any atom is -0.493 e. The first kappa shape index (κ1) is 13.4. The summed E-state index contributed by atoms with van der Waals surface area (Å²) in [4.78, 5) is 0. The van der Waals surface area contributed by atoms with E-state index >= 15 is 0 Å². The van der Waals surface area contributed by atoms with E-state index in [9.17, 15) is 0 Å². The van der Waals surface area contributed by atoms with Crippen LogP contribution >= 0.6 is 11.6 Å². The molecule has 0 aliphatic heterocycles. The number of alkyl halides is 1. The van der Waals surface area contributed by atoms with Gasteiger partial charge in [0.05, 0.1) is 12.5 Å². The number of rotatable bonds is 6. The Kier molecular flexibility index (Phi) is 5.68. The lowest BCUT2D eigenvalue weighted by molar-refractivity contribution is 0.295. The molecule has 0 bridgehead atoms. The van der Waals surface area contributed by atoms with Gasteiger partial charge in [-0.3, -0.25) is 0 Å². The summed E-state index contributed by atoms with van der Waals surface area (Å²) in [5.41, 5.74) is 2.32. The van der Waals surface area contributed by atoms with Crippen LogP contribution in [0.5, 0.6) is 5.75 Å². The summed E-state index contributed by atoms with van der Waals surface area (Å²) < 4.78 is 5.75. The Morgan fingerprint density at radius 3 is 2.69 bits per heavy atom. The van der Waals surface area contributed by atoms with Gasteiger partial charge in [0.2, 0.25) is 0 Å². The summed E-state index contributed by atoms with van der Waals surface area (Å²) in [6.07, 6.45) is 2.31. The first-order chi connectivity index (χ1) is 7.63. The largest absolute Gasteiger partial charge is 0.493 e. The lowest BCUT2D eigenvalue weighted by Gasteiger charge is -2.11. The van der Waals surface area contributed by atoms with Crippen molar-refractivity contribution in [2.24, 2.45) is 5.92 Å². The van der Waals surface area contributed by atoms with Crippen LogP contribution in [0.15, 0.2) is 18.2 Å². The van der Waals surface area contributed by atoms with E-state index in [2.05, 4.69) is 32.9 Å². The van der Waals surface area contributed by atoms with Gasteiger partial charge in [-0.1, -0.05) is 31.5 Å². The lowest BCUT2D eigenvalue weighted by atomic mass is 10.1. The Morgan fingerprint density at radius 1 is 1.31 bits per heavy atom. The molecule has 2 heteroatoms. The van der Waals surface area contributed by atoms with Crippen LogP contribution in [0.1, 0.15) is 37.8 Å². The van der Waals surface area contributed by atoms with Gasteiger partial charge >= 0.3 is 0 Å². The Labute approximate surface area is 104 Å². The zero-order valence-electron chi connectivity index (χ0n) is 10.4. The molecule has 1 rings (SSSR count). The maximum atomic E-state index is 5.89. The molecule has 0 radical (unpaired) electrons. The summed E-state index contributed by atoms with van der Waals surface area (Å²) in [6.45, 7) is 7.32. The normalized spacial score (nSPS) is 10.8. The highest BCUT2D eigenvalue weighted by Crippen LogP contribution is 2.22. The average Bonchev–Trinajstić information content (AvgIpc) is 2.25. The van der Waals surface area contributed by atoms with Gasteiger partial charge < -0.3 is 4.74 Å². The van der Waals surface area contributed by atoms with Crippen molar-refractivity contribution in [3.63, 3.8) is 0 Å². The molecular formula is C14H21ClO. The molecule has 0 N–H and O–H groups in total. The summed E-state index contributed by atoms with van der Waals surface area (Å²) in [5.74, 6) is 2.19. The standard InChI is InChI=1S/C14H21ClO/c1-11(2)5-4-8-16-14-7-6-12(3)9-13(14)10-15/h6-7,9,11H,4-5,8,10H2,1-3H3. The third-order valence-corrected chi connectivity index (χ3v) is 2.83. The van der Waals surface area contributed by atoms with E-state index in [0.29, 0.717) is 5.88 Å². The number of aryl methyl sites for hydroxylation is 1. The van der Waals surface area contributed by atoms with E-state index in [1.165, 1.54) is 12.0 Å². The van der Waals surface area contributed by atoms with E-state index in [-0.39, 0.29) is 0 Å². The van der Waals surface area contributed by atoms with E-state index < -0.39 is 0 Å². The average molecular weight is 241 g/mol. The first-order valence-corrected chi connectivity index (χ1v) is 6.45. The third kappa shape index (κ3) is 4.44. The first-order valence-electron chi connectivity index (χ1n) is 5.91. The predicted molar refractivity (Wildman–Crippen MR) is 70.3 cm³/mol. The molecule has 0 atom stereocenters. The van der Waals surface area contributed by atoms with Crippen molar-refractivity contribution in [1.29, 1.82) is 0 Å². The van der Waals surface area contributed by atoms with Gasteiger partial charge in [0.1, 0.15) is 5.75 Å². The highest BCUT2D eigenvalue weighted by Gasteiger charge is 2.03. The maximum absolute atomic E-state index is 5.89. The maximum Gasteiger partial charge on any atom is 0.123 e. The van der Waals surface area contributed by atoms with Crippen molar-refractivity contribution in [3.05, 3.63) is 29.3 Å². The fourth-order valence-electron chi connectivity index (χ4n) is 1.63. The minimum absolute atomic E-state index is 0.515. The molecule has 0 saturated heterocycles. The smallest absolute Gasteiger partial charge is 0.123 e. The van der Waals surface area contributed by atoms with Gasteiger partial charge in [-0.05, 0) is 31.7 Å². The fourth-order valence-corrected chi connectivity index (χ4v) is 1.84. The van der Waals surface area contributed by atoms with Gasteiger partial charge in [-0.15, -0.1) is 11.6 Å². The number of halogens is 1. The van der Waals surface area contributed by atoms with E-state index in [1.54, 1.807) is 0 Å². The van der Waals surface area contributed by atoms with Gasteiger partial charge in [-0.25, -0.2) is 0 Å². The molecule has 1 aromatic rings.